The first-order valence-corrected chi connectivity index (χ1v) is 6.13. The second-order valence-corrected chi connectivity index (χ2v) is 4.52. The van der Waals surface area contributed by atoms with Crippen molar-refractivity contribution in [1.82, 2.24) is 0 Å². The molecule has 1 N–H and O–H groups in total. The van der Waals surface area contributed by atoms with E-state index in [0.29, 0.717) is 5.56 Å². The first-order valence-electron chi connectivity index (χ1n) is 6.13. The normalized spacial score (nSPS) is 9.85. The molecule has 0 aromatic heterocycles. The summed E-state index contributed by atoms with van der Waals surface area (Å²) >= 11 is 0. The number of nitriles is 1. The molecule has 0 aliphatic carbocycles. The van der Waals surface area contributed by atoms with Gasteiger partial charge in [-0.1, -0.05) is 18.2 Å². The molecule has 3 nitrogen and oxygen atoms in total. The number of nitrogens with zero attached hydrogens (tertiary/aromatic N) is 1. The van der Waals surface area contributed by atoms with Gasteiger partial charge in [-0.2, -0.15) is 5.26 Å². The molecule has 0 unspecified atom stereocenters. The van der Waals surface area contributed by atoms with Crippen LogP contribution in [0.4, 0.5) is 10.1 Å². The SMILES string of the molecule is Cc1ccc(F)c(NC(=O)Cc2ccc(C#N)cc2)c1. The van der Waals surface area contributed by atoms with Crippen LogP contribution in [0.2, 0.25) is 0 Å². The van der Waals surface area contributed by atoms with Crippen molar-refractivity contribution in [2.24, 2.45) is 0 Å². The number of halogens is 1. The van der Waals surface area contributed by atoms with Crippen molar-refractivity contribution in [3.05, 3.63) is 65.0 Å². The van der Waals surface area contributed by atoms with E-state index in [-0.39, 0.29) is 18.0 Å². The van der Waals surface area contributed by atoms with E-state index in [2.05, 4.69) is 5.32 Å². The van der Waals surface area contributed by atoms with Crippen LogP contribution in [0, 0.1) is 24.1 Å². The highest BCUT2D eigenvalue weighted by Crippen LogP contribution is 2.16. The molecule has 0 heterocycles. The molecule has 0 aliphatic heterocycles. The summed E-state index contributed by atoms with van der Waals surface area (Å²) in [5, 5.41) is 11.2. The Kier molecular flexibility index (Phi) is 4.11. The molecule has 0 saturated carbocycles. The highest BCUT2D eigenvalue weighted by molar-refractivity contribution is 5.92. The van der Waals surface area contributed by atoms with E-state index in [0.717, 1.165) is 11.1 Å². The van der Waals surface area contributed by atoms with Crippen LogP contribution in [0.15, 0.2) is 42.5 Å². The van der Waals surface area contributed by atoms with Crippen molar-refractivity contribution in [2.75, 3.05) is 5.32 Å². The number of benzene rings is 2. The largest absolute Gasteiger partial charge is 0.323 e. The van der Waals surface area contributed by atoms with E-state index >= 15 is 0 Å². The monoisotopic (exact) mass is 268 g/mol. The molecule has 20 heavy (non-hydrogen) atoms. The van der Waals surface area contributed by atoms with Gasteiger partial charge in [0, 0.05) is 0 Å². The number of hydrogen-bond donors (Lipinski definition) is 1. The van der Waals surface area contributed by atoms with Crippen LogP contribution in [0.1, 0.15) is 16.7 Å². The molecule has 0 fully saturated rings. The molecule has 100 valence electrons. The van der Waals surface area contributed by atoms with Gasteiger partial charge in [-0.15, -0.1) is 0 Å². The Bertz CT molecular complexity index is 672. The fraction of sp³-hybridized carbons (Fsp3) is 0.125. The Morgan fingerprint density at radius 1 is 1.25 bits per heavy atom. The fourth-order valence-corrected chi connectivity index (χ4v) is 1.81. The Balaban J connectivity index is 2.05. The van der Waals surface area contributed by atoms with Crippen LogP contribution in [-0.4, -0.2) is 5.91 Å². The summed E-state index contributed by atoms with van der Waals surface area (Å²) < 4.78 is 13.5. The quantitative estimate of drug-likeness (QED) is 0.929. The maximum absolute atomic E-state index is 13.5. The van der Waals surface area contributed by atoms with Crippen LogP contribution in [-0.2, 0) is 11.2 Å². The lowest BCUT2D eigenvalue weighted by Gasteiger charge is -2.07. The highest BCUT2D eigenvalue weighted by Gasteiger charge is 2.08. The van der Waals surface area contributed by atoms with Crippen molar-refractivity contribution < 1.29 is 9.18 Å². The number of aryl methyl sites for hydroxylation is 1. The standard InChI is InChI=1S/C16H13FN2O/c1-11-2-7-14(17)15(8-11)19-16(20)9-12-3-5-13(10-18)6-4-12/h2-8H,9H2,1H3,(H,19,20). The minimum absolute atomic E-state index is 0.138. The third-order valence-electron chi connectivity index (χ3n) is 2.84. The summed E-state index contributed by atoms with van der Waals surface area (Å²) in [6, 6.07) is 13.3. The summed E-state index contributed by atoms with van der Waals surface area (Å²) in [4.78, 5) is 11.9. The molecule has 4 heteroatoms. The predicted octanol–water partition coefficient (Wildman–Crippen LogP) is 3.19. The lowest BCUT2D eigenvalue weighted by molar-refractivity contribution is -0.115. The van der Waals surface area contributed by atoms with E-state index in [1.54, 1.807) is 36.4 Å². The van der Waals surface area contributed by atoms with Crippen molar-refractivity contribution in [3.63, 3.8) is 0 Å². The molecule has 0 atom stereocenters. The van der Waals surface area contributed by atoms with Gasteiger partial charge in [-0.05, 0) is 42.3 Å². The molecule has 0 bridgehead atoms. The Hall–Kier alpha value is -2.67. The second kappa shape index (κ2) is 5.98. The van der Waals surface area contributed by atoms with Gasteiger partial charge in [0.15, 0.2) is 0 Å². The molecule has 0 radical (unpaired) electrons. The first-order chi connectivity index (χ1) is 9.58. The fourth-order valence-electron chi connectivity index (χ4n) is 1.81. The highest BCUT2D eigenvalue weighted by atomic mass is 19.1. The topological polar surface area (TPSA) is 52.9 Å². The van der Waals surface area contributed by atoms with Crippen LogP contribution < -0.4 is 5.32 Å². The maximum Gasteiger partial charge on any atom is 0.228 e. The second-order valence-electron chi connectivity index (χ2n) is 4.52. The van der Waals surface area contributed by atoms with Gasteiger partial charge in [-0.3, -0.25) is 4.79 Å². The van der Waals surface area contributed by atoms with Gasteiger partial charge in [0.25, 0.3) is 0 Å². The van der Waals surface area contributed by atoms with E-state index in [1.165, 1.54) is 6.07 Å². The average molecular weight is 268 g/mol. The minimum atomic E-state index is -0.455. The van der Waals surface area contributed by atoms with E-state index < -0.39 is 5.82 Å². The number of rotatable bonds is 3. The van der Waals surface area contributed by atoms with E-state index in [4.69, 9.17) is 5.26 Å². The van der Waals surface area contributed by atoms with Gasteiger partial charge >= 0.3 is 0 Å². The summed E-state index contributed by atoms with van der Waals surface area (Å²) in [7, 11) is 0. The molecule has 2 rings (SSSR count). The third-order valence-corrected chi connectivity index (χ3v) is 2.84. The molecule has 0 saturated heterocycles. The molecular formula is C16H13FN2O. The van der Waals surface area contributed by atoms with Gasteiger partial charge in [0.05, 0.1) is 23.7 Å². The van der Waals surface area contributed by atoms with Gasteiger partial charge in [-0.25, -0.2) is 4.39 Å². The molecule has 2 aromatic rings. The van der Waals surface area contributed by atoms with Crippen molar-refractivity contribution in [1.29, 1.82) is 5.26 Å². The number of nitrogens with one attached hydrogen (secondary N) is 1. The van der Waals surface area contributed by atoms with E-state index in [9.17, 15) is 9.18 Å². The first kappa shape index (κ1) is 13.8. The lowest BCUT2D eigenvalue weighted by atomic mass is 10.1. The Labute approximate surface area is 116 Å². The Morgan fingerprint density at radius 2 is 1.95 bits per heavy atom. The van der Waals surface area contributed by atoms with E-state index in [1.807, 2.05) is 13.0 Å². The van der Waals surface area contributed by atoms with Crippen molar-refractivity contribution >= 4 is 11.6 Å². The summed E-state index contributed by atoms with van der Waals surface area (Å²) in [5.41, 5.74) is 2.37. The molecule has 1 amide bonds. The molecule has 0 aliphatic rings. The van der Waals surface area contributed by atoms with Crippen LogP contribution >= 0.6 is 0 Å². The zero-order valence-corrected chi connectivity index (χ0v) is 11.0. The number of anilines is 1. The average Bonchev–Trinajstić information content (AvgIpc) is 2.43. The van der Waals surface area contributed by atoms with Gasteiger partial charge in [0.1, 0.15) is 5.82 Å². The summed E-state index contributed by atoms with van der Waals surface area (Å²) in [5.74, 6) is -0.747. The number of carbonyl (C=O) groups is 1. The summed E-state index contributed by atoms with van der Waals surface area (Å²) in [6.07, 6.45) is 0.138. The van der Waals surface area contributed by atoms with Crippen LogP contribution in [0.5, 0.6) is 0 Å². The third kappa shape index (κ3) is 3.42. The zero-order valence-electron chi connectivity index (χ0n) is 11.0. The molecule has 0 spiro atoms. The summed E-state index contributed by atoms with van der Waals surface area (Å²) in [6.45, 7) is 1.83. The van der Waals surface area contributed by atoms with Crippen molar-refractivity contribution in [2.45, 2.75) is 13.3 Å². The van der Waals surface area contributed by atoms with Crippen LogP contribution in [0.3, 0.4) is 0 Å². The maximum atomic E-state index is 13.5. The van der Waals surface area contributed by atoms with Crippen LogP contribution in [0.25, 0.3) is 0 Å². The Morgan fingerprint density at radius 3 is 2.60 bits per heavy atom. The number of amides is 1. The van der Waals surface area contributed by atoms with Gasteiger partial charge in [0.2, 0.25) is 5.91 Å². The number of carbonyl (C=O) groups excluding carboxylic acids is 1. The van der Waals surface area contributed by atoms with Crippen molar-refractivity contribution in [3.8, 4) is 6.07 Å². The molecular weight excluding hydrogens is 255 g/mol. The predicted molar refractivity (Wildman–Crippen MR) is 74.6 cm³/mol. The zero-order chi connectivity index (χ0) is 14.5. The number of hydrogen-bond acceptors (Lipinski definition) is 2. The smallest absolute Gasteiger partial charge is 0.228 e. The lowest BCUT2D eigenvalue weighted by Crippen LogP contribution is -2.15. The minimum Gasteiger partial charge on any atom is -0.323 e. The van der Waals surface area contributed by atoms with Gasteiger partial charge < -0.3 is 5.32 Å². The molecule has 2 aromatic carbocycles.